The van der Waals surface area contributed by atoms with Gasteiger partial charge in [-0.2, -0.15) is 13.2 Å². The third-order valence-corrected chi connectivity index (χ3v) is 3.67. The number of hydrogen-bond acceptors (Lipinski definition) is 3. The van der Waals surface area contributed by atoms with E-state index in [1.165, 1.54) is 12.1 Å². The first kappa shape index (κ1) is 18.3. The molecule has 1 aliphatic rings. The van der Waals surface area contributed by atoms with Crippen molar-refractivity contribution in [2.45, 2.75) is 57.9 Å². The van der Waals surface area contributed by atoms with Crippen LogP contribution in [0.5, 0.6) is 0 Å². The lowest BCUT2D eigenvalue weighted by molar-refractivity contribution is -0.137. The van der Waals surface area contributed by atoms with Crippen LogP contribution in [0.25, 0.3) is 0 Å². The van der Waals surface area contributed by atoms with Gasteiger partial charge in [0.2, 0.25) is 5.91 Å². The minimum atomic E-state index is -4.38. The van der Waals surface area contributed by atoms with E-state index in [1.807, 2.05) is 0 Å². The number of imide groups is 1. The molecule has 0 saturated carbocycles. The summed E-state index contributed by atoms with van der Waals surface area (Å²) >= 11 is 0. The molecule has 4 nitrogen and oxygen atoms in total. The fourth-order valence-electron chi connectivity index (χ4n) is 2.60. The largest absolute Gasteiger partial charge is 0.443 e. The van der Waals surface area contributed by atoms with Gasteiger partial charge >= 0.3 is 12.3 Å². The first-order valence-electron chi connectivity index (χ1n) is 7.68. The Bertz CT molecular complexity index is 617. The second-order valence-corrected chi connectivity index (χ2v) is 6.84. The molecule has 1 atom stereocenters. The second kappa shape index (κ2) is 6.45. The summed E-state index contributed by atoms with van der Waals surface area (Å²) in [6, 6.07) is 4.36. The lowest BCUT2D eigenvalue weighted by Crippen LogP contribution is -2.43. The van der Waals surface area contributed by atoms with Gasteiger partial charge in [0.25, 0.3) is 0 Å². The predicted molar refractivity (Wildman–Crippen MR) is 81.3 cm³/mol. The lowest BCUT2D eigenvalue weighted by Gasteiger charge is -2.27. The number of alkyl halides is 3. The highest BCUT2D eigenvalue weighted by molar-refractivity contribution is 5.94. The minimum absolute atomic E-state index is 0.227. The Kier molecular flexibility index (Phi) is 4.92. The highest BCUT2D eigenvalue weighted by Crippen LogP contribution is 2.30. The van der Waals surface area contributed by atoms with E-state index in [2.05, 4.69) is 0 Å². The van der Waals surface area contributed by atoms with Crippen molar-refractivity contribution in [1.29, 1.82) is 0 Å². The maximum atomic E-state index is 12.6. The lowest BCUT2D eigenvalue weighted by atomic mass is 10.0. The van der Waals surface area contributed by atoms with Gasteiger partial charge < -0.3 is 4.74 Å². The summed E-state index contributed by atoms with van der Waals surface area (Å²) < 4.78 is 43.0. The summed E-state index contributed by atoms with van der Waals surface area (Å²) in [6.45, 7) is 5.11. The monoisotopic (exact) mass is 343 g/mol. The van der Waals surface area contributed by atoms with Gasteiger partial charge in [-0.15, -0.1) is 0 Å². The number of rotatable bonds is 2. The van der Waals surface area contributed by atoms with Crippen LogP contribution in [0.2, 0.25) is 0 Å². The summed E-state index contributed by atoms with van der Waals surface area (Å²) in [5.74, 6) is -0.318. The summed E-state index contributed by atoms with van der Waals surface area (Å²) in [5.41, 5.74) is -0.812. The number of halogens is 3. The fourth-order valence-corrected chi connectivity index (χ4v) is 2.60. The number of carbonyl (C=O) groups excluding carboxylic acids is 2. The molecule has 0 bridgehead atoms. The van der Waals surface area contributed by atoms with Crippen molar-refractivity contribution < 1.29 is 27.5 Å². The molecular weight excluding hydrogens is 323 g/mol. The standard InChI is InChI=1S/C17H20F3NO3/c1-16(2,3)24-15(23)21-13(8-9-14(21)22)10-11-4-6-12(7-5-11)17(18,19)20/h4-7,13H,8-10H2,1-3H3. The van der Waals surface area contributed by atoms with Crippen LogP contribution < -0.4 is 0 Å². The van der Waals surface area contributed by atoms with Gasteiger partial charge in [0.05, 0.1) is 5.56 Å². The number of carbonyl (C=O) groups is 2. The molecule has 7 heteroatoms. The smallest absolute Gasteiger partial charge is 0.417 e. The minimum Gasteiger partial charge on any atom is -0.443 e. The zero-order valence-corrected chi connectivity index (χ0v) is 13.8. The Morgan fingerprint density at radius 3 is 2.29 bits per heavy atom. The van der Waals surface area contributed by atoms with Gasteiger partial charge in [-0.1, -0.05) is 12.1 Å². The average Bonchev–Trinajstić information content (AvgIpc) is 2.77. The summed E-state index contributed by atoms with van der Waals surface area (Å²) in [4.78, 5) is 25.2. The highest BCUT2D eigenvalue weighted by Gasteiger charge is 2.38. The van der Waals surface area contributed by atoms with Crippen LogP contribution in [0.4, 0.5) is 18.0 Å². The molecule has 0 N–H and O–H groups in total. The van der Waals surface area contributed by atoms with E-state index >= 15 is 0 Å². The molecule has 24 heavy (non-hydrogen) atoms. The highest BCUT2D eigenvalue weighted by atomic mass is 19.4. The van der Waals surface area contributed by atoms with Crippen LogP contribution in [0, 0.1) is 0 Å². The molecule has 1 heterocycles. The average molecular weight is 343 g/mol. The molecule has 0 radical (unpaired) electrons. The molecule has 1 unspecified atom stereocenters. The molecule has 1 aromatic carbocycles. The summed E-state index contributed by atoms with van der Waals surface area (Å²) in [5, 5.41) is 0. The van der Waals surface area contributed by atoms with Crippen molar-refractivity contribution in [2.24, 2.45) is 0 Å². The molecule has 1 saturated heterocycles. The van der Waals surface area contributed by atoms with E-state index in [4.69, 9.17) is 4.74 Å². The SMILES string of the molecule is CC(C)(C)OC(=O)N1C(=O)CCC1Cc1ccc(C(F)(F)F)cc1. The second-order valence-electron chi connectivity index (χ2n) is 6.84. The van der Waals surface area contributed by atoms with E-state index in [9.17, 15) is 22.8 Å². The van der Waals surface area contributed by atoms with Gasteiger partial charge in [0.1, 0.15) is 5.60 Å². The molecule has 1 aromatic rings. The maximum Gasteiger partial charge on any atom is 0.417 e. The van der Waals surface area contributed by atoms with E-state index in [0.29, 0.717) is 18.4 Å². The number of hydrogen-bond donors (Lipinski definition) is 0. The van der Waals surface area contributed by atoms with Gasteiger partial charge in [-0.3, -0.25) is 4.79 Å². The van der Waals surface area contributed by atoms with Crippen molar-refractivity contribution in [2.75, 3.05) is 0 Å². The van der Waals surface area contributed by atoms with Crippen LogP contribution in [0.15, 0.2) is 24.3 Å². The van der Waals surface area contributed by atoms with Gasteiger partial charge in [0, 0.05) is 12.5 Å². The zero-order valence-electron chi connectivity index (χ0n) is 13.8. The van der Waals surface area contributed by atoms with Crippen molar-refractivity contribution in [3.05, 3.63) is 35.4 Å². The topological polar surface area (TPSA) is 46.6 Å². The first-order valence-corrected chi connectivity index (χ1v) is 7.68. The number of likely N-dealkylation sites (tertiary alicyclic amines) is 1. The third-order valence-electron chi connectivity index (χ3n) is 3.67. The normalized spacial score (nSPS) is 18.8. The Morgan fingerprint density at radius 1 is 1.21 bits per heavy atom. The van der Waals surface area contributed by atoms with Gasteiger partial charge in [0.15, 0.2) is 0 Å². The summed E-state index contributed by atoms with van der Waals surface area (Å²) in [7, 11) is 0. The Hall–Kier alpha value is -2.05. The quantitative estimate of drug-likeness (QED) is 0.809. The van der Waals surface area contributed by atoms with E-state index in [-0.39, 0.29) is 12.3 Å². The van der Waals surface area contributed by atoms with Gasteiger partial charge in [-0.05, 0) is 51.3 Å². The maximum absolute atomic E-state index is 12.6. The molecule has 0 aromatic heterocycles. The third kappa shape index (κ3) is 4.49. The van der Waals surface area contributed by atoms with Crippen LogP contribution in [-0.2, 0) is 22.1 Å². The molecule has 2 rings (SSSR count). The molecule has 1 fully saturated rings. The number of benzene rings is 1. The molecular formula is C17H20F3NO3. The van der Waals surface area contributed by atoms with Crippen LogP contribution in [0.1, 0.15) is 44.7 Å². The first-order chi connectivity index (χ1) is 11.0. The number of amides is 2. The molecule has 132 valence electrons. The van der Waals surface area contributed by atoms with E-state index in [0.717, 1.165) is 17.0 Å². The molecule has 0 spiro atoms. The van der Waals surface area contributed by atoms with Crippen LogP contribution >= 0.6 is 0 Å². The van der Waals surface area contributed by atoms with Crippen molar-refractivity contribution in [1.82, 2.24) is 4.90 Å². The molecule has 0 aliphatic carbocycles. The predicted octanol–water partition coefficient (Wildman–Crippen LogP) is 4.17. The van der Waals surface area contributed by atoms with Crippen LogP contribution in [0.3, 0.4) is 0 Å². The Labute approximate surface area is 138 Å². The van der Waals surface area contributed by atoms with E-state index in [1.54, 1.807) is 20.8 Å². The number of ether oxygens (including phenoxy) is 1. The van der Waals surface area contributed by atoms with Crippen molar-refractivity contribution in [3.63, 3.8) is 0 Å². The van der Waals surface area contributed by atoms with Gasteiger partial charge in [-0.25, -0.2) is 9.69 Å². The molecule has 1 aliphatic heterocycles. The van der Waals surface area contributed by atoms with Crippen molar-refractivity contribution in [3.8, 4) is 0 Å². The zero-order chi connectivity index (χ0) is 18.1. The van der Waals surface area contributed by atoms with E-state index < -0.39 is 29.5 Å². The molecule has 2 amide bonds. The Morgan fingerprint density at radius 2 is 1.79 bits per heavy atom. The number of nitrogens with zero attached hydrogens (tertiary/aromatic N) is 1. The Balaban J connectivity index is 2.10. The fraction of sp³-hybridized carbons (Fsp3) is 0.529. The summed E-state index contributed by atoms with van der Waals surface area (Å²) in [6.07, 6.45) is -4.08. The van der Waals surface area contributed by atoms with Crippen LogP contribution in [-0.4, -0.2) is 28.5 Å². The van der Waals surface area contributed by atoms with Crippen molar-refractivity contribution >= 4 is 12.0 Å².